The van der Waals surface area contributed by atoms with Crippen molar-refractivity contribution >= 4 is 44.9 Å². The van der Waals surface area contributed by atoms with Gasteiger partial charge in [-0.05, 0) is 151 Å². The zero-order valence-corrected chi connectivity index (χ0v) is 40.7. The van der Waals surface area contributed by atoms with E-state index in [4.69, 9.17) is 0 Å². The minimum absolute atomic E-state index is 0.0189. The molecule has 2 nitrogen and oxygen atoms in total. The van der Waals surface area contributed by atoms with Gasteiger partial charge in [-0.1, -0.05) is 161 Å². The quantitative estimate of drug-likeness (QED) is 0.171. The van der Waals surface area contributed by atoms with Gasteiger partial charge in [0.2, 0.25) is 0 Å². The zero-order chi connectivity index (χ0) is 45.3. The molecular formula is C63H64N2. The maximum atomic E-state index is 2.72. The Morgan fingerprint density at radius 2 is 1.15 bits per heavy atom. The van der Waals surface area contributed by atoms with Crippen LogP contribution in [0.1, 0.15) is 162 Å². The van der Waals surface area contributed by atoms with Gasteiger partial charge in [0.25, 0.3) is 0 Å². The number of allylic oxidation sites excluding steroid dienone is 1. The molecule has 0 N–H and O–H groups in total. The second-order valence-electron chi connectivity index (χ2n) is 23.7. The molecule has 0 aromatic heterocycles. The van der Waals surface area contributed by atoms with E-state index < -0.39 is 0 Å². The Kier molecular flexibility index (Phi) is 8.22. The van der Waals surface area contributed by atoms with E-state index in [0.717, 1.165) is 6.42 Å². The van der Waals surface area contributed by atoms with Gasteiger partial charge in [-0.2, -0.15) is 0 Å². The van der Waals surface area contributed by atoms with E-state index in [1.807, 2.05) is 0 Å². The largest absolute Gasteiger partial charge is 0.309 e. The summed E-state index contributed by atoms with van der Waals surface area (Å²) in [6.07, 6.45) is 3.31. The van der Waals surface area contributed by atoms with Crippen molar-refractivity contribution in [2.24, 2.45) is 0 Å². The predicted octanol–water partition coefficient (Wildman–Crippen LogP) is 16.8. The number of anilines is 5. The highest BCUT2D eigenvalue weighted by Crippen LogP contribution is 2.65. The lowest BCUT2D eigenvalue weighted by Gasteiger charge is -2.49. The molecule has 326 valence electrons. The second-order valence-corrected chi connectivity index (χ2v) is 23.7. The van der Waals surface area contributed by atoms with E-state index in [1.54, 1.807) is 0 Å². The highest BCUT2D eigenvalue weighted by molar-refractivity contribution is 6.06. The number of hydrogen-bond donors (Lipinski definition) is 0. The van der Waals surface area contributed by atoms with Gasteiger partial charge in [0.05, 0.1) is 28.4 Å². The van der Waals surface area contributed by atoms with Crippen molar-refractivity contribution in [3.8, 4) is 0 Å². The van der Waals surface area contributed by atoms with E-state index in [-0.39, 0.29) is 33.0 Å². The molecule has 0 spiro atoms. The van der Waals surface area contributed by atoms with Crippen LogP contribution in [0.5, 0.6) is 0 Å². The summed E-state index contributed by atoms with van der Waals surface area (Å²) in [5.74, 6) is 0.0768. The highest BCUT2D eigenvalue weighted by Gasteiger charge is 2.49. The van der Waals surface area contributed by atoms with E-state index in [0.29, 0.717) is 0 Å². The molecule has 0 saturated carbocycles. The fourth-order valence-corrected chi connectivity index (χ4v) is 13.1. The van der Waals surface area contributed by atoms with Crippen molar-refractivity contribution in [1.29, 1.82) is 0 Å². The van der Waals surface area contributed by atoms with Gasteiger partial charge in [-0.15, -0.1) is 0 Å². The first-order chi connectivity index (χ1) is 30.8. The van der Waals surface area contributed by atoms with Crippen molar-refractivity contribution in [2.45, 2.75) is 135 Å². The average Bonchev–Trinajstić information content (AvgIpc) is 3.65. The first kappa shape index (κ1) is 40.6. The molecule has 2 heteroatoms. The number of aryl methyl sites for hydroxylation is 1. The van der Waals surface area contributed by atoms with Gasteiger partial charge in [-0.3, -0.25) is 0 Å². The summed E-state index contributed by atoms with van der Waals surface area (Å²) in [6.45, 7) is 29.1. The molecule has 7 aromatic carbocycles. The van der Waals surface area contributed by atoms with Gasteiger partial charge in [-0.25, -0.2) is 0 Å². The topological polar surface area (TPSA) is 6.48 Å². The Hall–Kier alpha value is -5.86. The van der Waals surface area contributed by atoms with Gasteiger partial charge in [0.15, 0.2) is 0 Å². The summed E-state index contributed by atoms with van der Waals surface area (Å²) in [6, 6.07) is 50.4. The monoisotopic (exact) mass is 849 g/mol. The molecule has 2 heterocycles. The van der Waals surface area contributed by atoms with Crippen molar-refractivity contribution < 1.29 is 0 Å². The fourth-order valence-electron chi connectivity index (χ4n) is 13.1. The SMILES string of the molecule is Cc1cc2c3c(c1)N(c1cccc4ccccc14)c1cc4c(cc1C3C1=C(c3cc(C(C)(C)C)ccc3C1)N2c1ccc2c(c1)C(C)(C)CCC2(C)C)C(C)(C)c1ccccc1C4(C)C. The zero-order valence-electron chi connectivity index (χ0n) is 40.7. The lowest BCUT2D eigenvalue weighted by atomic mass is 9.59. The first-order valence-electron chi connectivity index (χ1n) is 24.3. The number of benzene rings is 7. The van der Waals surface area contributed by atoms with Gasteiger partial charge in [0.1, 0.15) is 0 Å². The van der Waals surface area contributed by atoms with Crippen molar-refractivity contribution in [2.75, 3.05) is 9.80 Å². The first-order valence-corrected chi connectivity index (χ1v) is 24.3. The number of fused-ring (bicyclic) bond motifs is 9. The molecule has 0 fully saturated rings. The summed E-state index contributed by atoms with van der Waals surface area (Å²) in [4.78, 5) is 5.40. The van der Waals surface area contributed by atoms with Crippen LogP contribution in [0.25, 0.3) is 16.5 Å². The maximum absolute atomic E-state index is 2.72. The molecular weight excluding hydrogens is 785 g/mol. The highest BCUT2D eigenvalue weighted by atomic mass is 15.2. The lowest BCUT2D eigenvalue weighted by molar-refractivity contribution is 0.332. The standard InChI is InChI=1S/C63H64N2/c1-37-30-54-57-55(31-37)65(52-23-17-19-38-18-13-14-20-42(38)52)53-36-51-50(62(9,10)47-21-15-16-22-48(47)63(51,11)12)35-44(53)56(57)45-32-39-24-25-40(59(2,3)4)33-43(39)58(45)64(54)41-26-27-46-49(34-41)61(7,8)29-28-60(46,5)6/h13-27,30-31,33-36,56H,28-29,32H2,1-12H3. The van der Waals surface area contributed by atoms with E-state index in [2.05, 4.69) is 220 Å². The van der Waals surface area contributed by atoms with Gasteiger partial charge < -0.3 is 9.80 Å². The molecule has 7 aromatic rings. The molecule has 2 aliphatic heterocycles. The van der Waals surface area contributed by atoms with Crippen LogP contribution in [0.3, 0.4) is 0 Å². The molecule has 1 atom stereocenters. The Balaban J connectivity index is 1.21. The molecule has 5 aliphatic rings. The van der Waals surface area contributed by atoms with Crippen LogP contribution >= 0.6 is 0 Å². The molecule has 0 radical (unpaired) electrons. The minimum Gasteiger partial charge on any atom is -0.309 e. The van der Waals surface area contributed by atoms with E-state index >= 15 is 0 Å². The third-order valence-electron chi connectivity index (χ3n) is 17.0. The molecule has 0 saturated heterocycles. The van der Waals surface area contributed by atoms with Crippen molar-refractivity contribution in [1.82, 2.24) is 0 Å². The van der Waals surface area contributed by atoms with Crippen molar-refractivity contribution in [3.63, 3.8) is 0 Å². The number of nitrogens with zero attached hydrogens (tertiary/aromatic N) is 2. The Bertz CT molecular complexity index is 3240. The summed E-state index contributed by atoms with van der Waals surface area (Å²) in [5.41, 5.74) is 26.3. The predicted molar refractivity (Wildman–Crippen MR) is 276 cm³/mol. The average molecular weight is 849 g/mol. The number of hydrogen-bond acceptors (Lipinski definition) is 2. The second kappa shape index (κ2) is 13.2. The van der Waals surface area contributed by atoms with Crippen LogP contribution in [0.2, 0.25) is 0 Å². The van der Waals surface area contributed by atoms with E-state index in [9.17, 15) is 0 Å². The summed E-state index contributed by atoms with van der Waals surface area (Å²) in [7, 11) is 0. The fraction of sp³-hybridized carbons (Fsp3) is 0.333. The number of rotatable bonds is 2. The maximum Gasteiger partial charge on any atom is 0.0542 e. The molecule has 65 heavy (non-hydrogen) atoms. The van der Waals surface area contributed by atoms with E-state index in [1.165, 1.54) is 130 Å². The van der Waals surface area contributed by atoms with Crippen LogP contribution in [0.4, 0.5) is 28.4 Å². The Morgan fingerprint density at radius 3 is 1.86 bits per heavy atom. The summed E-state index contributed by atoms with van der Waals surface area (Å²) in [5, 5.41) is 2.53. The molecule has 12 rings (SSSR count). The van der Waals surface area contributed by atoms with Gasteiger partial charge >= 0.3 is 0 Å². The third-order valence-corrected chi connectivity index (χ3v) is 17.0. The van der Waals surface area contributed by atoms with Crippen LogP contribution in [-0.2, 0) is 33.5 Å². The Labute approximate surface area is 388 Å². The molecule has 0 amide bonds. The minimum atomic E-state index is -0.186. The smallest absolute Gasteiger partial charge is 0.0542 e. The Morgan fingerprint density at radius 1 is 0.523 bits per heavy atom. The summed E-state index contributed by atoms with van der Waals surface area (Å²) >= 11 is 0. The lowest BCUT2D eigenvalue weighted by Crippen LogP contribution is -2.38. The summed E-state index contributed by atoms with van der Waals surface area (Å²) < 4.78 is 0. The van der Waals surface area contributed by atoms with Gasteiger partial charge in [0, 0.05) is 38.9 Å². The third kappa shape index (κ3) is 5.58. The van der Waals surface area contributed by atoms with Crippen LogP contribution in [-0.4, -0.2) is 0 Å². The molecule has 0 bridgehead atoms. The van der Waals surface area contributed by atoms with Crippen molar-refractivity contribution in [3.05, 3.63) is 200 Å². The van der Waals surface area contributed by atoms with Crippen LogP contribution < -0.4 is 9.80 Å². The molecule has 1 unspecified atom stereocenters. The normalized spacial score (nSPS) is 20.0. The molecule has 3 aliphatic carbocycles. The van der Waals surface area contributed by atoms with Crippen LogP contribution in [0, 0.1) is 6.92 Å². The van der Waals surface area contributed by atoms with Crippen LogP contribution in [0.15, 0.2) is 133 Å².